The topological polar surface area (TPSA) is 57.6 Å². The first-order valence-electron chi connectivity index (χ1n) is 6.94. The summed E-state index contributed by atoms with van der Waals surface area (Å²) in [6, 6.07) is 7.49. The number of carbonyl (C=O) groups excluding carboxylic acids is 1. The minimum absolute atomic E-state index is 0.0416. The van der Waals surface area contributed by atoms with Crippen LogP contribution in [0, 0.1) is 0 Å². The van der Waals surface area contributed by atoms with E-state index in [0.717, 1.165) is 37.4 Å². The van der Waals surface area contributed by atoms with Crippen molar-refractivity contribution in [2.24, 2.45) is 0 Å². The zero-order valence-corrected chi connectivity index (χ0v) is 11.6. The van der Waals surface area contributed by atoms with Gasteiger partial charge in [-0.05, 0) is 43.0 Å². The maximum atomic E-state index is 12.5. The monoisotopic (exact) mass is 273 g/mol. The Balaban J connectivity index is 2.16. The van der Waals surface area contributed by atoms with Crippen LogP contribution in [0.4, 0.5) is 0 Å². The van der Waals surface area contributed by atoms with Crippen LogP contribution in [0.25, 0.3) is 6.08 Å². The van der Waals surface area contributed by atoms with Crippen molar-refractivity contribution in [3.05, 3.63) is 41.5 Å². The lowest BCUT2D eigenvalue weighted by Crippen LogP contribution is -2.33. The molecule has 1 aliphatic rings. The first-order valence-corrected chi connectivity index (χ1v) is 6.94. The van der Waals surface area contributed by atoms with E-state index >= 15 is 0 Å². The summed E-state index contributed by atoms with van der Waals surface area (Å²) in [5.74, 6) is -0.952. The molecule has 0 bridgehead atoms. The molecule has 0 atom stereocenters. The Labute approximate surface area is 118 Å². The molecule has 0 radical (unpaired) electrons. The van der Waals surface area contributed by atoms with E-state index in [-0.39, 0.29) is 5.91 Å². The van der Waals surface area contributed by atoms with Gasteiger partial charge in [-0.15, -0.1) is 0 Å². The van der Waals surface area contributed by atoms with Gasteiger partial charge in [0.15, 0.2) is 0 Å². The molecule has 1 aliphatic carbocycles. The van der Waals surface area contributed by atoms with Gasteiger partial charge in [0.2, 0.25) is 0 Å². The van der Waals surface area contributed by atoms with E-state index in [1.807, 2.05) is 4.90 Å². The minimum Gasteiger partial charge on any atom is -0.478 e. The van der Waals surface area contributed by atoms with Gasteiger partial charge in [-0.1, -0.05) is 19.1 Å². The molecule has 0 unspecified atom stereocenters. The zero-order valence-electron chi connectivity index (χ0n) is 11.6. The third-order valence-corrected chi connectivity index (χ3v) is 3.26. The van der Waals surface area contributed by atoms with E-state index in [4.69, 9.17) is 5.11 Å². The lowest BCUT2D eigenvalue weighted by molar-refractivity contribution is -0.131. The Hall–Kier alpha value is -2.10. The fraction of sp³-hybridized carbons (Fsp3) is 0.375. The molecule has 2 rings (SSSR count). The lowest BCUT2D eigenvalue weighted by Gasteiger charge is -2.21. The van der Waals surface area contributed by atoms with Crippen molar-refractivity contribution in [3.8, 4) is 0 Å². The standard InChI is InChI=1S/C16H19NO3/c1-2-10-17(14-7-8-14)16(20)13-5-3-4-12(11-13)6-9-15(18)19/h3-6,9,11,14H,2,7-8,10H2,1H3,(H,18,19). The molecule has 1 aromatic carbocycles. The number of carboxylic acid groups (broad SMARTS) is 1. The normalized spacial score (nSPS) is 14.4. The molecule has 20 heavy (non-hydrogen) atoms. The number of hydrogen-bond acceptors (Lipinski definition) is 2. The van der Waals surface area contributed by atoms with Gasteiger partial charge < -0.3 is 10.0 Å². The fourth-order valence-electron chi connectivity index (χ4n) is 2.19. The molecule has 1 N–H and O–H groups in total. The minimum atomic E-state index is -0.993. The number of rotatable bonds is 6. The number of carbonyl (C=O) groups is 2. The fourth-order valence-corrected chi connectivity index (χ4v) is 2.19. The van der Waals surface area contributed by atoms with E-state index in [9.17, 15) is 9.59 Å². The summed E-state index contributed by atoms with van der Waals surface area (Å²) in [6.45, 7) is 2.84. The average Bonchev–Trinajstić information content (AvgIpc) is 3.26. The van der Waals surface area contributed by atoms with E-state index < -0.39 is 5.97 Å². The number of aliphatic carboxylic acids is 1. The van der Waals surface area contributed by atoms with Crippen LogP contribution in [0.5, 0.6) is 0 Å². The summed E-state index contributed by atoms with van der Waals surface area (Å²) in [6.07, 6.45) is 5.70. The molecule has 1 aromatic rings. The summed E-state index contributed by atoms with van der Waals surface area (Å²) < 4.78 is 0. The van der Waals surface area contributed by atoms with Crippen LogP contribution in [0.1, 0.15) is 42.1 Å². The van der Waals surface area contributed by atoms with Crippen molar-refractivity contribution in [2.45, 2.75) is 32.2 Å². The van der Waals surface area contributed by atoms with Crippen LogP contribution < -0.4 is 0 Å². The highest BCUT2D eigenvalue weighted by Crippen LogP contribution is 2.28. The summed E-state index contributed by atoms with van der Waals surface area (Å²) in [5.41, 5.74) is 1.35. The lowest BCUT2D eigenvalue weighted by atomic mass is 10.1. The van der Waals surface area contributed by atoms with E-state index in [1.54, 1.807) is 24.3 Å². The van der Waals surface area contributed by atoms with Crippen molar-refractivity contribution >= 4 is 18.0 Å². The number of amides is 1. The highest BCUT2D eigenvalue weighted by atomic mass is 16.4. The molecule has 0 aromatic heterocycles. The van der Waals surface area contributed by atoms with E-state index in [0.29, 0.717) is 11.6 Å². The van der Waals surface area contributed by atoms with Gasteiger partial charge in [0.1, 0.15) is 0 Å². The number of nitrogens with zero attached hydrogens (tertiary/aromatic N) is 1. The third-order valence-electron chi connectivity index (χ3n) is 3.26. The van der Waals surface area contributed by atoms with Crippen LogP contribution >= 0.6 is 0 Å². The van der Waals surface area contributed by atoms with E-state index in [1.165, 1.54) is 6.08 Å². The van der Waals surface area contributed by atoms with Gasteiger partial charge in [-0.3, -0.25) is 4.79 Å². The number of benzene rings is 1. The predicted octanol–water partition coefficient (Wildman–Crippen LogP) is 2.80. The summed E-state index contributed by atoms with van der Waals surface area (Å²) in [4.78, 5) is 24.9. The average molecular weight is 273 g/mol. The highest BCUT2D eigenvalue weighted by molar-refractivity contribution is 5.95. The van der Waals surface area contributed by atoms with Gasteiger partial charge in [0, 0.05) is 24.2 Å². The Morgan fingerprint density at radius 1 is 1.40 bits per heavy atom. The smallest absolute Gasteiger partial charge is 0.328 e. The van der Waals surface area contributed by atoms with Gasteiger partial charge in [-0.25, -0.2) is 4.79 Å². The molecule has 0 aliphatic heterocycles. The highest BCUT2D eigenvalue weighted by Gasteiger charge is 2.32. The Kier molecular flexibility index (Phi) is 4.56. The van der Waals surface area contributed by atoms with Crippen molar-refractivity contribution in [1.29, 1.82) is 0 Å². The molecule has 1 amide bonds. The van der Waals surface area contributed by atoms with Crippen molar-refractivity contribution in [3.63, 3.8) is 0 Å². The first-order chi connectivity index (χ1) is 9.61. The molecule has 4 heteroatoms. The molecular weight excluding hydrogens is 254 g/mol. The molecule has 0 spiro atoms. The Bertz CT molecular complexity index is 532. The van der Waals surface area contributed by atoms with Crippen LogP contribution in [0.3, 0.4) is 0 Å². The van der Waals surface area contributed by atoms with Crippen molar-refractivity contribution < 1.29 is 14.7 Å². The molecule has 106 valence electrons. The van der Waals surface area contributed by atoms with E-state index in [2.05, 4.69) is 6.92 Å². The second-order valence-corrected chi connectivity index (χ2v) is 5.03. The second kappa shape index (κ2) is 6.37. The van der Waals surface area contributed by atoms with Gasteiger partial charge in [0.05, 0.1) is 0 Å². The Morgan fingerprint density at radius 3 is 2.75 bits per heavy atom. The van der Waals surface area contributed by atoms with Gasteiger partial charge in [-0.2, -0.15) is 0 Å². The van der Waals surface area contributed by atoms with Crippen LogP contribution in [0.2, 0.25) is 0 Å². The summed E-state index contributed by atoms with van der Waals surface area (Å²) in [5, 5.41) is 8.63. The zero-order chi connectivity index (χ0) is 14.5. The number of hydrogen-bond donors (Lipinski definition) is 1. The van der Waals surface area contributed by atoms with Crippen LogP contribution in [-0.4, -0.2) is 34.5 Å². The number of carboxylic acids is 1. The Morgan fingerprint density at radius 2 is 2.15 bits per heavy atom. The van der Waals surface area contributed by atoms with Gasteiger partial charge >= 0.3 is 5.97 Å². The predicted molar refractivity (Wildman–Crippen MR) is 77.5 cm³/mol. The maximum absolute atomic E-state index is 12.5. The van der Waals surface area contributed by atoms with Crippen LogP contribution in [0.15, 0.2) is 30.3 Å². The largest absolute Gasteiger partial charge is 0.478 e. The molecule has 0 heterocycles. The SMILES string of the molecule is CCCN(C(=O)c1cccc(C=CC(=O)O)c1)C1CC1. The third kappa shape index (κ3) is 3.70. The summed E-state index contributed by atoms with van der Waals surface area (Å²) >= 11 is 0. The second-order valence-electron chi connectivity index (χ2n) is 5.03. The molecule has 1 saturated carbocycles. The van der Waals surface area contributed by atoms with Crippen molar-refractivity contribution in [1.82, 2.24) is 4.90 Å². The molecule has 1 fully saturated rings. The van der Waals surface area contributed by atoms with Crippen LogP contribution in [-0.2, 0) is 4.79 Å². The maximum Gasteiger partial charge on any atom is 0.328 e. The van der Waals surface area contributed by atoms with Crippen molar-refractivity contribution in [2.75, 3.05) is 6.54 Å². The molecule has 0 saturated heterocycles. The molecule has 4 nitrogen and oxygen atoms in total. The quantitative estimate of drug-likeness (QED) is 0.811. The first kappa shape index (κ1) is 14.3. The van der Waals surface area contributed by atoms with Gasteiger partial charge in [0.25, 0.3) is 5.91 Å². The molecular formula is C16H19NO3. The summed E-state index contributed by atoms with van der Waals surface area (Å²) in [7, 11) is 0.